The molecule has 5 nitrogen and oxygen atoms in total. The van der Waals surface area contributed by atoms with Gasteiger partial charge >= 0.3 is 5.69 Å². The summed E-state index contributed by atoms with van der Waals surface area (Å²) in [6.07, 6.45) is 0. The van der Waals surface area contributed by atoms with E-state index in [9.17, 15) is 18.9 Å². The van der Waals surface area contributed by atoms with Crippen LogP contribution in [0.4, 0.5) is 20.2 Å². The van der Waals surface area contributed by atoms with Crippen molar-refractivity contribution >= 4 is 11.4 Å². The summed E-state index contributed by atoms with van der Waals surface area (Å²) in [7, 11) is 1.34. The smallest absolute Gasteiger partial charge is 0.311 e. The van der Waals surface area contributed by atoms with Crippen LogP contribution in [0.3, 0.4) is 0 Å². The van der Waals surface area contributed by atoms with E-state index in [2.05, 4.69) is 5.32 Å². The molecule has 1 N–H and O–H groups in total. The Bertz CT molecular complexity index is 677. The van der Waals surface area contributed by atoms with Gasteiger partial charge in [0.25, 0.3) is 0 Å². The van der Waals surface area contributed by atoms with Gasteiger partial charge in [-0.3, -0.25) is 10.1 Å². The van der Waals surface area contributed by atoms with Crippen LogP contribution < -0.4 is 10.1 Å². The molecule has 0 heterocycles. The van der Waals surface area contributed by atoms with Gasteiger partial charge in [-0.25, -0.2) is 8.78 Å². The molecule has 0 bridgehead atoms. The second-order valence-electron chi connectivity index (χ2n) is 4.22. The Hall–Kier alpha value is -2.70. The number of methoxy groups -OCH3 is 1. The van der Waals surface area contributed by atoms with Gasteiger partial charge in [0.05, 0.1) is 17.7 Å². The van der Waals surface area contributed by atoms with E-state index in [1.807, 2.05) is 0 Å². The summed E-state index contributed by atoms with van der Waals surface area (Å²) < 4.78 is 31.4. The molecule has 2 aromatic carbocycles. The van der Waals surface area contributed by atoms with Crippen LogP contribution in [0.15, 0.2) is 36.4 Å². The predicted molar refractivity (Wildman–Crippen MR) is 73.3 cm³/mol. The zero-order valence-corrected chi connectivity index (χ0v) is 11.1. The van der Waals surface area contributed by atoms with E-state index < -0.39 is 16.6 Å². The van der Waals surface area contributed by atoms with Crippen molar-refractivity contribution in [2.45, 2.75) is 6.54 Å². The van der Waals surface area contributed by atoms with Crippen LogP contribution in [0.1, 0.15) is 5.56 Å². The molecule has 7 heteroatoms. The van der Waals surface area contributed by atoms with Crippen LogP contribution in [-0.2, 0) is 6.54 Å². The molecule has 0 unspecified atom stereocenters. The molecule has 2 aromatic rings. The molecular weight excluding hydrogens is 282 g/mol. The second kappa shape index (κ2) is 6.17. The minimum atomic E-state index is -0.986. The van der Waals surface area contributed by atoms with Gasteiger partial charge in [0, 0.05) is 12.6 Å². The van der Waals surface area contributed by atoms with Crippen LogP contribution >= 0.6 is 0 Å². The van der Waals surface area contributed by atoms with Crippen LogP contribution in [0.5, 0.6) is 5.75 Å². The largest absolute Gasteiger partial charge is 0.490 e. The molecule has 21 heavy (non-hydrogen) atoms. The molecule has 0 amide bonds. The standard InChI is InChI=1S/C14H12F2N2O3/c1-21-13-6-5-9(7-12(13)18(19)20)8-17-11-4-2-3-10(15)14(11)16/h2-7,17H,8H2,1H3. The van der Waals surface area contributed by atoms with Crippen molar-refractivity contribution in [3.05, 3.63) is 63.7 Å². The van der Waals surface area contributed by atoms with E-state index >= 15 is 0 Å². The van der Waals surface area contributed by atoms with E-state index in [4.69, 9.17) is 4.74 Å². The summed E-state index contributed by atoms with van der Waals surface area (Å²) in [4.78, 5) is 10.3. The minimum absolute atomic E-state index is 0.00605. The Morgan fingerprint density at radius 3 is 2.71 bits per heavy atom. The molecular formula is C14H12F2N2O3. The molecule has 110 valence electrons. The van der Waals surface area contributed by atoms with Gasteiger partial charge in [-0.2, -0.15) is 0 Å². The van der Waals surface area contributed by atoms with Gasteiger partial charge < -0.3 is 10.1 Å². The molecule has 0 aliphatic rings. The lowest BCUT2D eigenvalue weighted by atomic mass is 10.2. The van der Waals surface area contributed by atoms with Crippen LogP contribution in [0.25, 0.3) is 0 Å². The van der Waals surface area contributed by atoms with Gasteiger partial charge in [0.2, 0.25) is 0 Å². The number of nitrogens with zero attached hydrogens (tertiary/aromatic N) is 1. The van der Waals surface area contributed by atoms with Gasteiger partial charge in [-0.1, -0.05) is 12.1 Å². The summed E-state index contributed by atoms with van der Waals surface area (Å²) in [6.45, 7) is 0.116. The summed E-state index contributed by atoms with van der Waals surface area (Å²) in [6, 6.07) is 8.16. The van der Waals surface area contributed by atoms with Crippen molar-refractivity contribution in [3.8, 4) is 5.75 Å². The minimum Gasteiger partial charge on any atom is -0.490 e. The number of nitro benzene ring substituents is 1. The first kappa shape index (κ1) is 14.7. The first-order chi connectivity index (χ1) is 10.0. The van der Waals surface area contributed by atoms with Crippen molar-refractivity contribution in [1.29, 1.82) is 0 Å². The van der Waals surface area contributed by atoms with E-state index in [1.54, 1.807) is 6.07 Å². The molecule has 2 rings (SSSR count). The van der Waals surface area contributed by atoms with Crippen LogP contribution in [-0.4, -0.2) is 12.0 Å². The quantitative estimate of drug-likeness (QED) is 0.677. The van der Waals surface area contributed by atoms with E-state index in [1.165, 1.54) is 31.4 Å². The highest BCUT2D eigenvalue weighted by Crippen LogP contribution is 2.28. The molecule has 0 atom stereocenters. The normalized spacial score (nSPS) is 10.2. The third-order valence-corrected chi connectivity index (χ3v) is 2.87. The Morgan fingerprint density at radius 2 is 2.05 bits per heavy atom. The van der Waals surface area contributed by atoms with Gasteiger partial charge in [-0.05, 0) is 23.8 Å². The van der Waals surface area contributed by atoms with Crippen molar-refractivity contribution in [3.63, 3.8) is 0 Å². The lowest BCUT2D eigenvalue weighted by Gasteiger charge is -2.09. The Kier molecular flexibility index (Phi) is 4.32. The fourth-order valence-electron chi connectivity index (χ4n) is 1.83. The number of ether oxygens (including phenoxy) is 1. The van der Waals surface area contributed by atoms with Crippen LogP contribution in [0, 0.1) is 21.7 Å². The summed E-state index contributed by atoms with van der Waals surface area (Å²) in [5.41, 5.74) is 0.358. The summed E-state index contributed by atoms with van der Waals surface area (Å²) >= 11 is 0. The van der Waals surface area contributed by atoms with Gasteiger partial charge in [-0.15, -0.1) is 0 Å². The maximum atomic E-state index is 13.5. The first-order valence-corrected chi connectivity index (χ1v) is 6.02. The maximum absolute atomic E-state index is 13.5. The number of anilines is 1. The molecule has 0 aromatic heterocycles. The summed E-state index contributed by atoms with van der Waals surface area (Å²) in [5, 5.41) is 13.6. The number of halogens is 2. The highest BCUT2D eigenvalue weighted by molar-refractivity contribution is 5.50. The SMILES string of the molecule is COc1ccc(CNc2cccc(F)c2F)cc1[N+](=O)[O-]. The lowest BCUT2D eigenvalue weighted by molar-refractivity contribution is -0.385. The maximum Gasteiger partial charge on any atom is 0.311 e. The highest BCUT2D eigenvalue weighted by atomic mass is 19.2. The molecule has 0 fully saturated rings. The van der Waals surface area contributed by atoms with E-state index in [-0.39, 0.29) is 23.7 Å². The fraction of sp³-hybridized carbons (Fsp3) is 0.143. The highest BCUT2D eigenvalue weighted by Gasteiger charge is 2.15. The predicted octanol–water partition coefficient (Wildman–Crippen LogP) is 3.49. The summed E-state index contributed by atoms with van der Waals surface area (Å²) in [5.74, 6) is -1.80. The van der Waals surface area contributed by atoms with Crippen molar-refractivity contribution < 1.29 is 18.4 Å². The Balaban J connectivity index is 2.19. The lowest BCUT2D eigenvalue weighted by Crippen LogP contribution is -2.03. The average molecular weight is 294 g/mol. The topological polar surface area (TPSA) is 64.4 Å². The molecule has 0 aliphatic carbocycles. The first-order valence-electron chi connectivity index (χ1n) is 6.02. The van der Waals surface area contributed by atoms with Gasteiger partial charge in [0.15, 0.2) is 17.4 Å². The zero-order chi connectivity index (χ0) is 15.4. The number of benzene rings is 2. The van der Waals surface area contributed by atoms with Crippen molar-refractivity contribution in [1.82, 2.24) is 0 Å². The van der Waals surface area contributed by atoms with E-state index in [0.717, 1.165) is 6.07 Å². The monoisotopic (exact) mass is 294 g/mol. The number of hydrogen-bond donors (Lipinski definition) is 1. The fourth-order valence-corrected chi connectivity index (χ4v) is 1.83. The number of rotatable bonds is 5. The third-order valence-electron chi connectivity index (χ3n) is 2.87. The Morgan fingerprint density at radius 1 is 1.29 bits per heavy atom. The second-order valence-corrected chi connectivity index (χ2v) is 4.22. The van der Waals surface area contributed by atoms with Crippen LogP contribution in [0.2, 0.25) is 0 Å². The van der Waals surface area contributed by atoms with Crippen molar-refractivity contribution in [2.75, 3.05) is 12.4 Å². The molecule has 0 saturated heterocycles. The number of nitro groups is 1. The number of nitrogens with one attached hydrogen (secondary N) is 1. The number of hydrogen-bond acceptors (Lipinski definition) is 4. The average Bonchev–Trinajstić information content (AvgIpc) is 2.48. The molecule has 0 radical (unpaired) electrons. The molecule has 0 spiro atoms. The molecule has 0 aliphatic heterocycles. The van der Waals surface area contributed by atoms with E-state index in [0.29, 0.717) is 5.56 Å². The third kappa shape index (κ3) is 3.25. The molecule has 0 saturated carbocycles. The van der Waals surface area contributed by atoms with Gasteiger partial charge in [0.1, 0.15) is 0 Å². The zero-order valence-electron chi connectivity index (χ0n) is 11.1. The van der Waals surface area contributed by atoms with Crippen molar-refractivity contribution in [2.24, 2.45) is 0 Å². The Labute approximate surface area is 119 Å².